The molecule has 96 valence electrons. The van der Waals surface area contributed by atoms with E-state index in [1.54, 1.807) is 0 Å². The van der Waals surface area contributed by atoms with Crippen molar-refractivity contribution in [2.75, 3.05) is 5.32 Å². The fraction of sp³-hybridized carbons (Fsp3) is 0.188. The Balaban J connectivity index is 2.12. The van der Waals surface area contributed by atoms with Crippen LogP contribution in [0.1, 0.15) is 22.3 Å². The normalized spacial score (nSPS) is 10.0. The molecule has 0 aliphatic heterocycles. The van der Waals surface area contributed by atoms with Crippen LogP contribution in [0.4, 0.5) is 5.69 Å². The van der Waals surface area contributed by atoms with Gasteiger partial charge in [0, 0.05) is 16.7 Å². The third-order valence-electron chi connectivity index (χ3n) is 2.86. The van der Waals surface area contributed by atoms with Crippen molar-refractivity contribution in [3.8, 4) is 6.07 Å². The Bertz CT molecular complexity index is 621. The third kappa shape index (κ3) is 3.59. The molecule has 0 spiro atoms. The SMILES string of the molecule is Cc1cc(C)cc(CNc2ccc(C#N)cc2Br)c1. The molecular weight excluding hydrogens is 300 g/mol. The first-order chi connectivity index (χ1) is 9.08. The fourth-order valence-electron chi connectivity index (χ4n) is 2.10. The van der Waals surface area contributed by atoms with Crippen LogP contribution in [0.5, 0.6) is 0 Å². The van der Waals surface area contributed by atoms with Crippen molar-refractivity contribution in [1.29, 1.82) is 5.26 Å². The lowest BCUT2D eigenvalue weighted by atomic mass is 10.1. The van der Waals surface area contributed by atoms with Gasteiger partial charge in [0.15, 0.2) is 0 Å². The van der Waals surface area contributed by atoms with Gasteiger partial charge in [-0.3, -0.25) is 0 Å². The molecule has 0 fully saturated rings. The van der Waals surface area contributed by atoms with E-state index in [9.17, 15) is 0 Å². The predicted molar refractivity (Wildman–Crippen MR) is 82.1 cm³/mol. The van der Waals surface area contributed by atoms with Crippen LogP contribution in [0.2, 0.25) is 0 Å². The van der Waals surface area contributed by atoms with Crippen LogP contribution in [0.3, 0.4) is 0 Å². The largest absolute Gasteiger partial charge is 0.380 e. The van der Waals surface area contributed by atoms with E-state index in [2.05, 4.69) is 59.4 Å². The Morgan fingerprint density at radius 2 is 1.79 bits per heavy atom. The minimum absolute atomic E-state index is 0.656. The van der Waals surface area contributed by atoms with E-state index in [0.29, 0.717) is 5.56 Å². The zero-order valence-electron chi connectivity index (χ0n) is 11.0. The zero-order valence-corrected chi connectivity index (χ0v) is 12.6. The Kier molecular flexibility index (Phi) is 4.24. The average Bonchev–Trinajstić information content (AvgIpc) is 2.36. The molecule has 2 aromatic rings. The second-order valence-electron chi connectivity index (χ2n) is 4.66. The van der Waals surface area contributed by atoms with Gasteiger partial charge in [0.1, 0.15) is 0 Å². The standard InChI is InChI=1S/C16H15BrN2/c1-11-5-12(2)7-14(6-11)10-19-16-4-3-13(9-18)8-15(16)17/h3-8,19H,10H2,1-2H3. The molecular formula is C16H15BrN2. The Morgan fingerprint density at radius 1 is 1.11 bits per heavy atom. The highest BCUT2D eigenvalue weighted by Gasteiger charge is 2.02. The zero-order chi connectivity index (χ0) is 13.8. The number of nitrogens with one attached hydrogen (secondary N) is 1. The second kappa shape index (κ2) is 5.90. The van der Waals surface area contributed by atoms with Gasteiger partial charge in [0.25, 0.3) is 0 Å². The highest BCUT2D eigenvalue weighted by Crippen LogP contribution is 2.24. The number of nitrogens with zero attached hydrogens (tertiary/aromatic N) is 1. The molecule has 1 N–H and O–H groups in total. The van der Waals surface area contributed by atoms with E-state index in [4.69, 9.17) is 5.26 Å². The minimum atomic E-state index is 0.656. The summed E-state index contributed by atoms with van der Waals surface area (Å²) < 4.78 is 0.913. The van der Waals surface area contributed by atoms with Crippen LogP contribution < -0.4 is 5.32 Å². The smallest absolute Gasteiger partial charge is 0.0992 e. The lowest BCUT2D eigenvalue weighted by molar-refractivity contribution is 1.13. The van der Waals surface area contributed by atoms with E-state index in [-0.39, 0.29) is 0 Å². The number of anilines is 1. The first kappa shape index (κ1) is 13.6. The van der Waals surface area contributed by atoms with E-state index in [0.717, 1.165) is 16.7 Å². The summed E-state index contributed by atoms with van der Waals surface area (Å²) in [6, 6.07) is 14.2. The maximum atomic E-state index is 8.83. The molecule has 0 saturated carbocycles. The Hall–Kier alpha value is -1.79. The highest BCUT2D eigenvalue weighted by molar-refractivity contribution is 9.10. The number of aryl methyl sites for hydroxylation is 2. The monoisotopic (exact) mass is 314 g/mol. The summed E-state index contributed by atoms with van der Waals surface area (Å²) in [5.41, 5.74) is 5.46. The molecule has 0 aliphatic carbocycles. The molecule has 2 rings (SSSR count). The van der Waals surface area contributed by atoms with Crippen molar-refractivity contribution in [3.05, 3.63) is 63.1 Å². The molecule has 0 aromatic heterocycles. The molecule has 0 bridgehead atoms. The second-order valence-corrected chi connectivity index (χ2v) is 5.51. The van der Waals surface area contributed by atoms with Gasteiger partial charge < -0.3 is 5.32 Å². The summed E-state index contributed by atoms with van der Waals surface area (Å²) in [5.74, 6) is 0. The van der Waals surface area contributed by atoms with E-state index >= 15 is 0 Å². The van der Waals surface area contributed by atoms with Crippen LogP contribution >= 0.6 is 15.9 Å². The number of rotatable bonds is 3. The number of halogens is 1. The van der Waals surface area contributed by atoms with Crippen molar-refractivity contribution in [1.82, 2.24) is 0 Å². The molecule has 2 aromatic carbocycles. The summed E-state index contributed by atoms with van der Waals surface area (Å²) >= 11 is 3.48. The lowest BCUT2D eigenvalue weighted by Crippen LogP contribution is -2.01. The Morgan fingerprint density at radius 3 is 2.37 bits per heavy atom. The summed E-state index contributed by atoms with van der Waals surface area (Å²) in [7, 11) is 0. The van der Waals surface area contributed by atoms with Crippen molar-refractivity contribution in [2.24, 2.45) is 0 Å². The first-order valence-corrected chi connectivity index (χ1v) is 6.88. The first-order valence-electron chi connectivity index (χ1n) is 6.09. The quantitative estimate of drug-likeness (QED) is 0.902. The number of nitriles is 1. The van der Waals surface area contributed by atoms with Gasteiger partial charge in [-0.2, -0.15) is 5.26 Å². The molecule has 0 atom stereocenters. The van der Waals surface area contributed by atoms with E-state index in [1.807, 2.05) is 18.2 Å². The van der Waals surface area contributed by atoms with Crippen LogP contribution in [0.25, 0.3) is 0 Å². The van der Waals surface area contributed by atoms with Gasteiger partial charge in [-0.05, 0) is 53.5 Å². The summed E-state index contributed by atoms with van der Waals surface area (Å²) in [6.45, 7) is 4.98. The van der Waals surface area contributed by atoms with Crippen molar-refractivity contribution in [3.63, 3.8) is 0 Å². The maximum Gasteiger partial charge on any atom is 0.0992 e. The van der Waals surface area contributed by atoms with E-state index in [1.165, 1.54) is 16.7 Å². The molecule has 0 saturated heterocycles. The highest BCUT2D eigenvalue weighted by atomic mass is 79.9. The number of benzene rings is 2. The van der Waals surface area contributed by atoms with Gasteiger partial charge in [-0.25, -0.2) is 0 Å². The molecule has 3 heteroatoms. The number of hydrogen-bond acceptors (Lipinski definition) is 2. The van der Waals surface area contributed by atoms with Gasteiger partial charge in [0.05, 0.1) is 11.6 Å². The van der Waals surface area contributed by atoms with Crippen molar-refractivity contribution < 1.29 is 0 Å². The molecule has 0 unspecified atom stereocenters. The van der Waals surface area contributed by atoms with E-state index < -0.39 is 0 Å². The van der Waals surface area contributed by atoms with Gasteiger partial charge in [-0.1, -0.05) is 29.3 Å². The molecule has 0 radical (unpaired) electrons. The number of hydrogen-bond donors (Lipinski definition) is 1. The average molecular weight is 315 g/mol. The van der Waals surface area contributed by atoms with Gasteiger partial charge >= 0.3 is 0 Å². The van der Waals surface area contributed by atoms with Gasteiger partial charge in [-0.15, -0.1) is 0 Å². The molecule has 0 heterocycles. The van der Waals surface area contributed by atoms with Crippen LogP contribution in [0.15, 0.2) is 40.9 Å². The Labute approximate surface area is 122 Å². The summed E-state index contributed by atoms with van der Waals surface area (Å²) in [6.07, 6.45) is 0. The van der Waals surface area contributed by atoms with Crippen LogP contribution in [-0.2, 0) is 6.54 Å². The van der Waals surface area contributed by atoms with Crippen molar-refractivity contribution >= 4 is 21.6 Å². The topological polar surface area (TPSA) is 35.8 Å². The van der Waals surface area contributed by atoms with Gasteiger partial charge in [0.2, 0.25) is 0 Å². The maximum absolute atomic E-state index is 8.83. The lowest BCUT2D eigenvalue weighted by Gasteiger charge is -2.10. The molecule has 0 amide bonds. The summed E-state index contributed by atoms with van der Waals surface area (Å²) in [4.78, 5) is 0. The molecule has 0 aliphatic rings. The van der Waals surface area contributed by atoms with Crippen LogP contribution in [-0.4, -0.2) is 0 Å². The summed E-state index contributed by atoms with van der Waals surface area (Å²) in [5, 5.41) is 12.2. The predicted octanol–water partition coefficient (Wildman–Crippen LogP) is 4.55. The molecule has 19 heavy (non-hydrogen) atoms. The molecule has 2 nitrogen and oxygen atoms in total. The third-order valence-corrected chi connectivity index (χ3v) is 3.52. The van der Waals surface area contributed by atoms with Crippen LogP contribution in [0, 0.1) is 25.2 Å². The fourth-order valence-corrected chi connectivity index (χ4v) is 2.62. The minimum Gasteiger partial charge on any atom is -0.380 e. The van der Waals surface area contributed by atoms with Crippen molar-refractivity contribution in [2.45, 2.75) is 20.4 Å².